The second kappa shape index (κ2) is 9.03. The Hall–Kier alpha value is -1.96. The highest BCUT2D eigenvalue weighted by Crippen LogP contribution is 2.10. The van der Waals surface area contributed by atoms with Crippen LogP contribution in [0.1, 0.15) is 33.3 Å². The smallest absolute Gasteiger partial charge is 0.0395 e. The number of hydrogen-bond donors (Lipinski definition) is 2. The fourth-order valence-electron chi connectivity index (χ4n) is 1.72. The minimum absolute atomic E-state index is 0.467. The number of benzene rings is 1. The van der Waals surface area contributed by atoms with Crippen LogP contribution in [0.3, 0.4) is 0 Å². The van der Waals surface area contributed by atoms with E-state index in [4.69, 9.17) is 0 Å². The lowest BCUT2D eigenvalue weighted by molar-refractivity contribution is 0.867. The van der Waals surface area contributed by atoms with E-state index in [0.29, 0.717) is 6.04 Å². The summed E-state index contributed by atoms with van der Waals surface area (Å²) in [4.78, 5) is 0. The van der Waals surface area contributed by atoms with Crippen molar-refractivity contribution in [1.82, 2.24) is 5.32 Å². The van der Waals surface area contributed by atoms with Gasteiger partial charge in [0.1, 0.15) is 0 Å². The summed E-state index contributed by atoms with van der Waals surface area (Å²) in [7, 11) is 0. The molecule has 0 aliphatic carbocycles. The fourth-order valence-corrected chi connectivity index (χ4v) is 1.72. The molecular formula is C18H26N2. The molecule has 1 aromatic rings. The Morgan fingerprint density at radius 3 is 2.50 bits per heavy atom. The van der Waals surface area contributed by atoms with Crippen molar-refractivity contribution in [3.05, 3.63) is 65.9 Å². The van der Waals surface area contributed by atoms with Crippen LogP contribution in [0.15, 0.2) is 60.3 Å². The number of allylic oxidation sites excluding steroid dienone is 5. The van der Waals surface area contributed by atoms with Gasteiger partial charge in [0.05, 0.1) is 0 Å². The summed E-state index contributed by atoms with van der Waals surface area (Å²) < 4.78 is 0. The Morgan fingerprint density at radius 2 is 1.90 bits per heavy atom. The predicted octanol–water partition coefficient (Wildman–Crippen LogP) is 4.63. The summed E-state index contributed by atoms with van der Waals surface area (Å²) >= 11 is 0. The molecule has 0 atom stereocenters. The van der Waals surface area contributed by atoms with Crippen molar-refractivity contribution in [3.63, 3.8) is 0 Å². The molecule has 0 unspecified atom stereocenters. The molecule has 2 nitrogen and oxygen atoms in total. The third-order valence-corrected chi connectivity index (χ3v) is 2.73. The Balaban J connectivity index is 2.40. The molecule has 0 aromatic heterocycles. The van der Waals surface area contributed by atoms with E-state index in [1.165, 1.54) is 16.8 Å². The van der Waals surface area contributed by atoms with Gasteiger partial charge in [-0.05, 0) is 63.2 Å². The van der Waals surface area contributed by atoms with Gasteiger partial charge < -0.3 is 10.6 Å². The van der Waals surface area contributed by atoms with Crippen molar-refractivity contribution >= 4 is 5.69 Å². The molecule has 0 saturated heterocycles. The topological polar surface area (TPSA) is 24.1 Å². The van der Waals surface area contributed by atoms with E-state index >= 15 is 0 Å². The maximum atomic E-state index is 3.39. The minimum Gasteiger partial charge on any atom is -0.387 e. The molecule has 2 heteroatoms. The Kier molecular flexibility index (Phi) is 7.26. The van der Waals surface area contributed by atoms with Gasteiger partial charge in [0.15, 0.2) is 0 Å². The summed E-state index contributed by atoms with van der Waals surface area (Å²) in [5.74, 6) is 0. The normalized spacial score (nSPS) is 12.6. The summed E-state index contributed by atoms with van der Waals surface area (Å²) in [6.45, 7) is 9.23. The molecule has 0 spiro atoms. The maximum Gasteiger partial charge on any atom is 0.0395 e. The van der Waals surface area contributed by atoms with Crippen molar-refractivity contribution in [2.24, 2.45) is 0 Å². The zero-order valence-corrected chi connectivity index (χ0v) is 13.0. The van der Waals surface area contributed by atoms with Gasteiger partial charge in [-0.2, -0.15) is 0 Å². The van der Waals surface area contributed by atoms with Gasteiger partial charge in [-0.1, -0.05) is 30.4 Å². The third-order valence-electron chi connectivity index (χ3n) is 2.73. The molecule has 20 heavy (non-hydrogen) atoms. The number of nitrogens with one attached hydrogen (secondary N) is 2. The zero-order valence-electron chi connectivity index (χ0n) is 13.0. The van der Waals surface area contributed by atoms with Crippen LogP contribution in [0.5, 0.6) is 0 Å². The average molecular weight is 270 g/mol. The van der Waals surface area contributed by atoms with Gasteiger partial charge in [0, 0.05) is 18.3 Å². The molecule has 0 aliphatic rings. The molecular weight excluding hydrogens is 244 g/mol. The van der Waals surface area contributed by atoms with E-state index in [0.717, 1.165) is 6.54 Å². The first-order valence-corrected chi connectivity index (χ1v) is 7.17. The van der Waals surface area contributed by atoms with Crippen molar-refractivity contribution in [3.8, 4) is 0 Å². The molecule has 0 heterocycles. The third kappa shape index (κ3) is 6.83. The molecule has 108 valence electrons. The summed E-state index contributed by atoms with van der Waals surface area (Å²) in [5.41, 5.74) is 3.68. The van der Waals surface area contributed by atoms with E-state index in [1.807, 2.05) is 25.3 Å². The average Bonchev–Trinajstić information content (AvgIpc) is 2.42. The van der Waals surface area contributed by atoms with Crippen molar-refractivity contribution in [2.75, 3.05) is 5.32 Å². The highest BCUT2D eigenvalue weighted by atomic mass is 14.9. The molecule has 0 bridgehead atoms. The highest BCUT2D eigenvalue weighted by molar-refractivity contribution is 5.45. The van der Waals surface area contributed by atoms with Crippen molar-refractivity contribution < 1.29 is 0 Å². The Bertz CT molecular complexity index is 465. The standard InChI is InChI=1S/C18H26N2/c1-5-6-7-16(4)12-13-19-14-17-8-10-18(11-9-17)20-15(2)3/h5-13,15,19-20H,14H2,1-4H3/b6-5-,13-12+,16-7-. The molecule has 0 amide bonds. The largest absolute Gasteiger partial charge is 0.387 e. The molecule has 0 fully saturated rings. The first kappa shape index (κ1) is 16.1. The first-order chi connectivity index (χ1) is 9.61. The monoisotopic (exact) mass is 270 g/mol. The van der Waals surface area contributed by atoms with Crippen LogP contribution in [0, 0.1) is 0 Å². The molecule has 1 rings (SSSR count). The zero-order chi connectivity index (χ0) is 14.8. The van der Waals surface area contributed by atoms with E-state index in [1.54, 1.807) is 0 Å². The van der Waals surface area contributed by atoms with Crippen molar-refractivity contribution in [2.45, 2.75) is 40.3 Å². The van der Waals surface area contributed by atoms with Gasteiger partial charge in [-0.25, -0.2) is 0 Å². The molecule has 2 N–H and O–H groups in total. The maximum absolute atomic E-state index is 3.39. The molecule has 0 saturated carbocycles. The Morgan fingerprint density at radius 1 is 1.20 bits per heavy atom. The van der Waals surface area contributed by atoms with Crippen LogP contribution in [0.4, 0.5) is 5.69 Å². The lowest BCUT2D eigenvalue weighted by atomic mass is 10.2. The summed E-state index contributed by atoms with van der Waals surface area (Å²) in [6.07, 6.45) is 10.2. The fraction of sp³-hybridized carbons (Fsp3) is 0.333. The van der Waals surface area contributed by atoms with Crippen LogP contribution < -0.4 is 10.6 Å². The lowest BCUT2D eigenvalue weighted by Gasteiger charge is -2.10. The minimum atomic E-state index is 0.467. The second-order valence-corrected chi connectivity index (χ2v) is 5.15. The van der Waals surface area contributed by atoms with Crippen molar-refractivity contribution in [1.29, 1.82) is 0 Å². The quantitative estimate of drug-likeness (QED) is 0.706. The highest BCUT2D eigenvalue weighted by Gasteiger charge is 1.95. The van der Waals surface area contributed by atoms with Crippen LogP contribution in [-0.4, -0.2) is 6.04 Å². The number of rotatable bonds is 7. The lowest BCUT2D eigenvalue weighted by Crippen LogP contribution is -2.09. The van der Waals surface area contributed by atoms with Gasteiger partial charge in [-0.3, -0.25) is 0 Å². The SMILES string of the molecule is C\C=C/C=C(C)\C=C\NCc1ccc(NC(C)C)cc1. The first-order valence-electron chi connectivity index (χ1n) is 7.17. The van der Waals surface area contributed by atoms with Crippen LogP contribution >= 0.6 is 0 Å². The van der Waals surface area contributed by atoms with Gasteiger partial charge in [0.2, 0.25) is 0 Å². The molecule has 0 aliphatic heterocycles. The van der Waals surface area contributed by atoms with Crippen LogP contribution in [0.2, 0.25) is 0 Å². The number of hydrogen-bond acceptors (Lipinski definition) is 2. The van der Waals surface area contributed by atoms with E-state index in [2.05, 4.69) is 67.8 Å². The van der Waals surface area contributed by atoms with E-state index in [-0.39, 0.29) is 0 Å². The van der Waals surface area contributed by atoms with E-state index in [9.17, 15) is 0 Å². The van der Waals surface area contributed by atoms with Gasteiger partial charge >= 0.3 is 0 Å². The molecule has 1 aromatic carbocycles. The van der Waals surface area contributed by atoms with Crippen LogP contribution in [-0.2, 0) is 6.54 Å². The van der Waals surface area contributed by atoms with Gasteiger partial charge in [-0.15, -0.1) is 0 Å². The molecule has 0 radical (unpaired) electrons. The summed E-state index contributed by atoms with van der Waals surface area (Å²) in [6, 6.07) is 9.01. The van der Waals surface area contributed by atoms with Gasteiger partial charge in [0.25, 0.3) is 0 Å². The van der Waals surface area contributed by atoms with E-state index < -0.39 is 0 Å². The number of anilines is 1. The Labute approximate surface area is 123 Å². The van der Waals surface area contributed by atoms with Crippen LogP contribution in [0.25, 0.3) is 0 Å². The summed E-state index contributed by atoms with van der Waals surface area (Å²) in [5, 5.41) is 6.69. The predicted molar refractivity (Wildman–Crippen MR) is 89.8 cm³/mol. The second-order valence-electron chi connectivity index (χ2n) is 5.15.